The second kappa shape index (κ2) is 6.32. The highest BCUT2D eigenvalue weighted by molar-refractivity contribution is 6.30. The third-order valence-corrected chi connectivity index (χ3v) is 5.61. The SMILES string of the molecule is CC1(c2cccc3ccccc23)NC(=O)N(Cc2cn3cc(Cl)ccc3n2)C1=O. The van der Waals surface area contributed by atoms with E-state index in [1.54, 1.807) is 35.9 Å². The molecule has 0 saturated carbocycles. The predicted octanol–water partition coefficient (Wildman–Crippen LogP) is 4.11. The van der Waals surface area contributed by atoms with Crippen molar-refractivity contribution in [2.45, 2.75) is 19.0 Å². The number of imidazole rings is 1. The molecule has 2 aromatic carbocycles. The molecule has 0 bridgehead atoms. The lowest BCUT2D eigenvalue weighted by Gasteiger charge is -2.24. The molecular formula is C22H17ClN4O2. The molecule has 29 heavy (non-hydrogen) atoms. The summed E-state index contributed by atoms with van der Waals surface area (Å²) in [6.45, 7) is 1.84. The van der Waals surface area contributed by atoms with Gasteiger partial charge in [0.2, 0.25) is 0 Å². The Morgan fingerprint density at radius 1 is 1.03 bits per heavy atom. The molecule has 1 N–H and O–H groups in total. The van der Waals surface area contributed by atoms with E-state index in [1.807, 2.05) is 42.5 Å². The van der Waals surface area contributed by atoms with Crippen molar-refractivity contribution in [3.05, 3.63) is 83.3 Å². The molecule has 0 radical (unpaired) electrons. The van der Waals surface area contributed by atoms with Crippen LogP contribution in [0.4, 0.5) is 4.79 Å². The summed E-state index contributed by atoms with van der Waals surface area (Å²) < 4.78 is 1.78. The molecule has 1 aliphatic rings. The number of urea groups is 1. The summed E-state index contributed by atoms with van der Waals surface area (Å²) >= 11 is 6.02. The largest absolute Gasteiger partial charge is 0.325 e. The molecular weight excluding hydrogens is 388 g/mol. The van der Waals surface area contributed by atoms with Gasteiger partial charge in [0.1, 0.15) is 11.2 Å². The maximum atomic E-state index is 13.3. The number of nitrogens with zero attached hydrogens (tertiary/aromatic N) is 3. The molecule has 4 aromatic rings. The first-order valence-corrected chi connectivity index (χ1v) is 9.59. The zero-order chi connectivity index (χ0) is 20.2. The van der Waals surface area contributed by atoms with Crippen LogP contribution in [0.5, 0.6) is 0 Å². The van der Waals surface area contributed by atoms with Gasteiger partial charge in [-0.05, 0) is 35.4 Å². The number of hydrogen-bond acceptors (Lipinski definition) is 3. The molecule has 2 aromatic heterocycles. The van der Waals surface area contributed by atoms with E-state index in [-0.39, 0.29) is 12.5 Å². The summed E-state index contributed by atoms with van der Waals surface area (Å²) in [4.78, 5) is 31.8. The Kier molecular flexibility index (Phi) is 3.86. The minimum atomic E-state index is -1.14. The number of nitrogens with one attached hydrogen (secondary N) is 1. The predicted molar refractivity (Wildman–Crippen MR) is 111 cm³/mol. The van der Waals surface area contributed by atoms with Crippen LogP contribution in [0.3, 0.4) is 0 Å². The van der Waals surface area contributed by atoms with Crippen molar-refractivity contribution in [1.29, 1.82) is 0 Å². The zero-order valence-corrected chi connectivity index (χ0v) is 16.3. The van der Waals surface area contributed by atoms with Crippen molar-refractivity contribution in [3.63, 3.8) is 0 Å². The molecule has 144 valence electrons. The molecule has 1 saturated heterocycles. The van der Waals surface area contributed by atoms with E-state index in [4.69, 9.17) is 11.6 Å². The lowest BCUT2D eigenvalue weighted by atomic mass is 9.88. The number of imide groups is 1. The van der Waals surface area contributed by atoms with Crippen molar-refractivity contribution < 1.29 is 9.59 Å². The van der Waals surface area contributed by atoms with Gasteiger partial charge in [0.05, 0.1) is 17.3 Å². The first-order chi connectivity index (χ1) is 14.0. The molecule has 0 spiro atoms. The summed E-state index contributed by atoms with van der Waals surface area (Å²) in [5, 5.41) is 5.42. The molecule has 7 heteroatoms. The van der Waals surface area contributed by atoms with Gasteiger partial charge in [0, 0.05) is 12.4 Å². The summed E-state index contributed by atoms with van der Waals surface area (Å²) in [6, 6.07) is 16.7. The van der Waals surface area contributed by atoms with Crippen molar-refractivity contribution in [1.82, 2.24) is 19.6 Å². The van der Waals surface area contributed by atoms with E-state index in [0.717, 1.165) is 16.3 Å². The minimum Gasteiger partial charge on any atom is -0.319 e. The van der Waals surface area contributed by atoms with Gasteiger partial charge in [-0.1, -0.05) is 54.1 Å². The number of fused-ring (bicyclic) bond motifs is 2. The lowest BCUT2D eigenvalue weighted by Crippen LogP contribution is -2.41. The minimum absolute atomic E-state index is 0.0876. The molecule has 0 aliphatic carbocycles. The number of halogens is 1. The first-order valence-electron chi connectivity index (χ1n) is 9.21. The Labute approximate surface area is 171 Å². The van der Waals surface area contributed by atoms with Gasteiger partial charge in [-0.2, -0.15) is 0 Å². The fraction of sp³-hybridized carbons (Fsp3) is 0.136. The number of aromatic nitrogens is 2. The number of hydrogen-bond donors (Lipinski definition) is 1. The van der Waals surface area contributed by atoms with Gasteiger partial charge in [0.25, 0.3) is 5.91 Å². The average molecular weight is 405 g/mol. The Hall–Kier alpha value is -3.38. The van der Waals surface area contributed by atoms with Crippen molar-refractivity contribution in [2.75, 3.05) is 0 Å². The Morgan fingerprint density at radius 3 is 2.69 bits per heavy atom. The van der Waals surface area contributed by atoms with Crippen LogP contribution in [0.1, 0.15) is 18.2 Å². The standard InChI is InChI=1S/C22H17ClN4O2/c1-22(18-8-4-6-14-5-2-3-7-17(14)18)20(28)27(21(29)25-22)13-16-12-26-11-15(23)9-10-19(26)24-16/h2-12H,13H2,1H3,(H,25,29). The second-order valence-corrected chi connectivity index (χ2v) is 7.75. The highest BCUT2D eigenvalue weighted by Gasteiger charge is 2.49. The highest BCUT2D eigenvalue weighted by Crippen LogP contribution is 2.34. The number of pyridine rings is 1. The van der Waals surface area contributed by atoms with Gasteiger partial charge in [0.15, 0.2) is 0 Å². The third kappa shape index (κ3) is 2.76. The van der Waals surface area contributed by atoms with E-state index in [2.05, 4.69) is 10.3 Å². The molecule has 1 unspecified atom stereocenters. The van der Waals surface area contributed by atoms with Gasteiger partial charge in [-0.15, -0.1) is 0 Å². The highest BCUT2D eigenvalue weighted by atomic mass is 35.5. The fourth-order valence-electron chi connectivity index (χ4n) is 3.94. The summed E-state index contributed by atoms with van der Waals surface area (Å²) in [5.41, 5.74) is 0.949. The molecule has 1 fully saturated rings. The first kappa shape index (κ1) is 17.7. The summed E-state index contributed by atoms with van der Waals surface area (Å²) in [7, 11) is 0. The van der Waals surface area contributed by atoms with Crippen LogP contribution in [-0.2, 0) is 16.9 Å². The Balaban J connectivity index is 1.51. The number of rotatable bonds is 3. The number of carbonyl (C=O) groups excluding carboxylic acids is 2. The Bertz CT molecular complexity index is 1290. The molecule has 3 amide bonds. The maximum Gasteiger partial charge on any atom is 0.325 e. The van der Waals surface area contributed by atoms with Crippen LogP contribution < -0.4 is 5.32 Å². The molecule has 1 aliphatic heterocycles. The lowest BCUT2D eigenvalue weighted by molar-refractivity contribution is -0.131. The maximum absolute atomic E-state index is 13.3. The zero-order valence-electron chi connectivity index (χ0n) is 15.6. The van der Waals surface area contributed by atoms with Crippen molar-refractivity contribution in [2.24, 2.45) is 0 Å². The normalized spacial score (nSPS) is 19.3. The van der Waals surface area contributed by atoms with Crippen LogP contribution in [-0.4, -0.2) is 26.2 Å². The van der Waals surface area contributed by atoms with E-state index >= 15 is 0 Å². The second-order valence-electron chi connectivity index (χ2n) is 7.32. The van der Waals surface area contributed by atoms with Gasteiger partial charge < -0.3 is 9.72 Å². The van der Waals surface area contributed by atoms with E-state index in [0.29, 0.717) is 16.4 Å². The van der Waals surface area contributed by atoms with E-state index in [1.165, 1.54) is 4.90 Å². The molecule has 1 atom stereocenters. The van der Waals surface area contributed by atoms with Crippen LogP contribution >= 0.6 is 11.6 Å². The fourth-order valence-corrected chi connectivity index (χ4v) is 4.11. The number of amides is 3. The smallest absolute Gasteiger partial charge is 0.319 e. The van der Waals surface area contributed by atoms with Crippen molar-refractivity contribution >= 4 is 40.0 Å². The molecule has 5 rings (SSSR count). The van der Waals surface area contributed by atoms with Crippen LogP contribution in [0.25, 0.3) is 16.4 Å². The number of carbonyl (C=O) groups is 2. The van der Waals surface area contributed by atoms with Gasteiger partial charge >= 0.3 is 6.03 Å². The number of benzene rings is 2. The van der Waals surface area contributed by atoms with E-state index in [9.17, 15) is 9.59 Å². The van der Waals surface area contributed by atoms with Crippen molar-refractivity contribution in [3.8, 4) is 0 Å². The van der Waals surface area contributed by atoms with Gasteiger partial charge in [-0.25, -0.2) is 9.78 Å². The van der Waals surface area contributed by atoms with Crippen LogP contribution in [0, 0.1) is 0 Å². The van der Waals surface area contributed by atoms with E-state index < -0.39 is 11.6 Å². The average Bonchev–Trinajstić information content (AvgIpc) is 3.21. The Morgan fingerprint density at radius 2 is 1.83 bits per heavy atom. The molecule has 3 heterocycles. The topological polar surface area (TPSA) is 66.7 Å². The van der Waals surface area contributed by atoms with Gasteiger partial charge in [-0.3, -0.25) is 9.69 Å². The summed E-state index contributed by atoms with van der Waals surface area (Å²) in [5.74, 6) is -0.297. The monoisotopic (exact) mass is 404 g/mol. The van der Waals surface area contributed by atoms with Crippen LogP contribution in [0.2, 0.25) is 5.02 Å². The third-order valence-electron chi connectivity index (χ3n) is 5.39. The summed E-state index contributed by atoms with van der Waals surface area (Å²) in [6.07, 6.45) is 3.51. The quantitative estimate of drug-likeness (QED) is 0.522. The molecule has 6 nitrogen and oxygen atoms in total. The van der Waals surface area contributed by atoms with Crippen LogP contribution in [0.15, 0.2) is 67.0 Å².